The van der Waals surface area contributed by atoms with Crippen molar-refractivity contribution in [3.63, 3.8) is 0 Å². The summed E-state index contributed by atoms with van der Waals surface area (Å²) in [5, 5.41) is 15.5. The fourth-order valence-electron chi connectivity index (χ4n) is 1.55. The number of nitrogens with one attached hydrogen (secondary N) is 1. The van der Waals surface area contributed by atoms with Crippen molar-refractivity contribution in [2.45, 2.75) is 4.21 Å². The number of non-ortho nitro benzene ring substituents is 1. The van der Waals surface area contributed by atoms with Gasteiger partial charge in [-0.2, -0.15) is 5.10 Å². The maximum Gasteiger partial charge on any atom is 0.269 e. The molecule has 21 heavy (non-hydrogen) atoms. The Kier molecular flexibility index (Phi) is 5.18. The van der Waals surface area contributed by atoms with Gasteiger partial charge < -0.3 is 4.74 Å². The van der Waals surface area contributed by atoms with Gasteiger partial charge in [0, 0.05) is 17.7 Å². The Hall–Kier alpha value is -2.06. The van der Waals surface area contributed by atoms with Crippen molar-refractivity contribution >= 4 is 40.7 Å². The highest BCUT2D eigenvalue weighted by Gasteiger charge is 2.07. The SMILES string of the molecule is COc1sc(SC)cc1/C=N/Nc1ccc([N+](=O)[O-])cc1. The zero-order chi connectivity index (χ0) is 15.2. The Morgan fingerprint density at radius 1 is 1.43 bits per heavy atom. The van der Waals surface area contributed by atoms with Crippen LogP contribution >= 0.6 is 23.1 Å². The molecular formula is C13H13N3O3S2. The second kappa shape index (κ2) is 7.09. The number of methoxy groups -OCH3 is 1. The molecule has 8 heteroatoms. The van der Waals surface area contributed by atoms with Gasteiger partial charge in [-0.15, -0.1) is 11.8 Å². The highest BCUT2D eigenvalue weighted by atomic mass is 32.2. The number of thioether (sulfide) groups is 1. The molecule has 0 unspecified atom stereocenters. The highest BCUT2D eigenvalue weighted by molar-refractivity contribution is 8.00. The number of hydrogen-bond acceptors (Lipinski definition) is 7. The van der Waals surface area contributed by atoms with Crippen molar-refractivity contribution < 1.29 is 9.66 Å². The van der Waals surface area contributed by atoms with E-state index in [-0.39, 0.29) is 5.69 Å². The van der Waals surface area contributed by atoms with Crippen LogP contribution in [0.25, 0.3) is 0 Å². The molecule has 0 aliphatic carbocycles. The van der Waals surface area contributed by atoms with E-state index < -0.39 is 4.92 Å². The Labute approximate surface area is 130 Å². The van der Waals surface area contributed by atoms with E-state index in [9.17, 15) is 10.1 Å². The second-order valence-corrected chi connectivity index (χ2v) is 6.01. The van der Waals surface area contributed by atoms with Crippen LogP contribution in [0.4, 0.5) is 11.4 Å². The largest absolute Gasteiger partial charge is 0.487 e. The van der Waals surface area contributed by atoms with Crippen molar-refractivity contribution in [3.8, 4) is 5.06 Å². The molecule has 0 spiro atoms. The highest BCUT2D eigenvalue weighted by Crippen LogP contribution is 2.34. The van der Waals surface area contributed by atoms with Crippen molar-refractivity contribution in [2.24, 2.45) is 5.10 Å². The van der Waals surface area contributed by atoms with Crippen LogP contribution in [0.2, 0.25) is 0 Å². The van der Waals surface area contributed by atoms with Gasteiger partial charge in [0.05, 0.1) is 28.1 Å². The van der Waals surface area contributed by atoms with Gasteiger partial charge in [-0.25, -0.2) is 0 Å². The quantitative estimate of drug-likeness (QED) is 0.378. The lowest BCUT2D eigenvalue weighted by molar-refractivity contribution is -0.384. The van der Waals surface area contributed by atoms with Crippen LogP contribution in [0, 0.1) is 10.1 Å². The number of ether oxygens (including phenoxy) is 1. The molecule has 0 fully saturated rings. The molecule has 0 bridgehead atoms. The molecule has 0 amide bonds. The minimum Gasteiger partial charge on any atom is -0.487 e. The van der Waals surface area contributed by atoms with Gasteiger partial charge >= 0.3 is 0 Å². The van der Waals surface area contributed by atoms with Crippen molar-refractivity contribution in [3.05, 3.63) is 46.0 Å². The monoisotopic (exact) mass is 323 g/mol. The lowest BCUT2D eigenvalue weighted by Crippen LogP contribution is -1.92. The molecule has 1 N–H and O–H groups in total. The first-order valence-electron chi connectivity index (χ1n) is 5.89. The van der Waals surface area contributed by atoms with Crippen LogP contribution < -0.4 is 10.2 Å². The Morgan fingerprint density at radius 3 is 2.71 bits per heavy atom. The van der Waals surface area contributed by atoms with Crippen LogP contribution in [0.3, 0.4) is 0 Å². The molecule has 1 aromatic carbocycles. The minimum absolute atomic E-state index is 0.0497. The molecule has 2 aromatic rings. The number of thiophene rings is 1. The normalized spacial score (nSPS) is 10.8. The van der Waals surface area contributed by atoms with E-state index in [1.165, 1.54) is 12.1 Å². The van der Waals surface area contributed by atoms with Crippen molar-refractivity contribution in [1.29, 1.82) is 0 Å². The fraction of sp³-hybridized carbons (Fsp3) is 0.154. The summed E-state index contributed by atoms with van der Waals surface area (Å²) in [6.45, 7) is 0. The van der Waals surface area contributed by atoms with E-state index in [2.05, 4.69) is 10.5 Å². The smallest absolute Gasteiger partial charge is 0.269 e. The summed E-state index contributed by atoms with van der Waals surface area (Å²) < 4.78 is 6.43. The molecular weight excluding hydrogens is 310 g/mol. The lowest BCUT2D eigenvalue weighted by Gasteiger charge is -1.99. The molecule has 2 rings (SSSR count). The molecule has 0 aliphatic rings. The number of benzene rings is 1. The molecule has 0 saturated carbocycles. The Balaban J connectivity index is 2.05. The predicted octanol–water partition coefficient (Wildman–Crippen LogP) is 3.83. The zero-order valence-electron chi connectivity index (χ0n) is 11.4. The third-order valence-electron chi connectivity index (χ3n) is 2.56. The van der Waals surface area contributed by atoms with Crippen molar-refractivity contribution in [1.82, 2.24) is 0 Å². The summed E-state index contributed by atoms with van der Waals surface area (Å²) in [5.41, 5.74) is 4.44. The molecule has 0 aliphatic heterocycles. The van der Waals surface area contributed by atoms with Gasteiger partial charge in [0.2, 0.25) is 0 Å². The first-order valence-corrected chi connectivity index (χ1v) is 7.93. The molecule has 1 heterocycles. The van der Waals surface area contributed by atoms with Crippen LogP contribution in [0.15, 0.2) is 39.6 Å². The predicted molar refractivity (Wildman–Crippen MR) is 87.0 cm³/mol. The molecule has 0 atom stereocenters. The number of hydrogen-bond donors (Lipinski definition) is 1. The van der Waals surface area contributed by atoms with E-state index in [0.29, 0.717) is 5.69 Å². The van der Waals surface area contributed by atoms with Gasteiger partial charge in [-0.3, -0.25) is 15.5 Å². The van der Waals surface area contributed by atoms with Gasteiger partial charge in [0.15, 0.2) is 5.06 Å². The Morgan fingerprint density at radius 2 is 2.14 bits per heavy atom. The van der Waals surface area contributed by atoms with Crippen LogP contribution in [-0.4, -0.2) is 24.5 Å². The van der Waals surface area contributed by atoms with Crippen LogP contribution in [-0.2, 0) is 0 Å². The average Bonchev–Trinajstić information content (AvgIpc) is 2.90. The zero-order valence-corrected chi connectivity index (χ0v) is 13.0. The Bertz CT molecular complexity index is 653. The summed E-state index contributed by atoms with van der Waals surface area (Å²) in [6, 6.07) is 8.06. The summed E-state index contributed by atoms with van der Waals surface area (Å²) in [4.78, 5) is 10.1. The number of rotatable bonds is 6. The number of anilines is 1. The van der Waals surface area contributed by atoms with E-state index in [1.54, 1.807) is 48.6 Å². The van der Waals surface area contributed by atoms with E-state index in [1.807, 2.05) is 12.3 Å². The van der Waals surface area contributed by atoms with Gasteiger partial charge in [-0.05, 0) is 24.5 Å². The maximum atomic E-state index is 10.6. The third-order valence-corrected chi connectivity index (χ3v) is 4.74. The van der Waals surface area contributed by atoms with E-state index in [4.69, 9.17) is 4.74 Å². The summed E-state index contributed by atoms with van der Waals surface area (Å²) in [5.74, 6) is 0. The molecule has 110 valence electrons. The van der Waals surface area contributed by atoms with Crippen LogP contribution in [0.1, 0.15) is 5.56 Å². The lowest BCUT2D eigenvalue weighted by atomic mass is 10.3. The molecule has 0 radical (unpaired) electrons. The minimum atomic E-state index is -0.437. The number of nitro groups is 1. The number of nitrogens with zero attached hydrogens (tertiary/aromatic N) is 2. The summed E-state index contributed by atoms with van der Waals surface area (Å²) >= 11 is 3.20. The summed E-state index contributed by atoms with van der Waals surface area (Å²) in [7, 11) is 1.62. The first kappa shape index (κ1) is 15.3. The fourth-order valence-corrected chi connectivity index (χ4v) is 3.04. The standard InChI is InChI=1S/C13H13N3O3S2/c1-19-13-9(7-12(20-2)21-13)8-14-15-10-3-5-11(6-4-10)16(17)18/h3-8,15H,1-2H3/b14-8+. The average molecular weight is 323 g/mol. The topological polar surface area (TPSA) is 76.8 Å². The third kappa shape index (κ3) is 3.96. The first-order chi connectivity index (χ1) is 10.1. The summed E-state index contributed by atoms with van der Waals surface area (Å²) in [6.07, 6.45) is 3.66. The molecule has 6 nitrogen and oxygen atoms in total. The molecule has 0 saturated heterocycles. The van der Waals surface area contributed by atoms with E-state index in [0.717, 1.165) is 14.8 Å². The second-order valence-electron chi connectivity index (χ2n) is 3.89. The van der Waals surface area contributed by atoms with Crippen LogP contribution in [0.5, 0.6) is 5.06 Å². The van der Waals surface area contributed by atoms with Gasteiger partial charge in [0.1, 0.15) is 0 Å². The van der Waals surface area contributed by atoms with Crippen molar-refractivity contribution in [2.75, 3.05) is 18.8 Å². The number of nitro benzene ring substituents is 1. The van der Waals surface area contributed by atoms with Gasteiger partial charge in [0.25, 0.3) is 5.69 Å². The maximum absolute atomic E-state index is 10.6. The van der Waals surface area contributed by atoms with Gasteiger partial charge in [-0.1, -0.05) is 11.3 Å². The van der Waals surface area contributed by atoms with E-state index >= 15 is 0 Å². The number of hydrazone groups is 1. The molecule has 1 aromatic heterocycles.